The number of carbonyl (C=O) groups excluding carboxylic acids is 1. The van der Waals surface area contributed by atoms with Crippen LogP contribution in [-0.2, 0) is 9.53 Å². The number of rotatable bonds is 1. The molecule has 0 aromatic heterocycles. The SMILES string of the molecule is CC(=O)C1=C(C)OC(C#N)C1. The zero-order valence-corrected chi connectivity index (χ0v) is 6.55. The minimum absolute atomic E-state index is 0.000231. The summed E-state index contributed by atoms with van der Waals surface area (Å²) in [6.07, 6.45) is -0.00796. The van der Waals surface area contributed by atoms with E-state index in [1.54, 1.807) is 6.92 Å². The van der Waals surface area contributed by atoms with Crippen molar-refractivity contribution in [2.45, 2.75) is 26.4 Å². The van der Waals surface area contributed by atoms with Gasteiger partial charge >= 0.3 is 0 Å². The Kier molecular flexibility index (Phi) is 1.95. The minimum Gasteiger partial charge on any atom is -0.479 e. The number of ether oxygens (including phenoxy) is 1. The van der Waals surface area contributed by atoms with Gasteiger partial charge in [0.15, 0.2) is 11.9 Å². The molecule has 0 radical (unpaired) electrons. The van der Waals surface area contributed by atoms with Crippen molar-refractivity contribution < 1.29 is 9.53 Å². The summed E-state index contributed by atoms with van der Waals surface area (Å²) in [5, 5.41) is 8.47. The van der Waals surface area contributed by atoms with Gasteiger partial charge in [-0.25, -0.2) is 0 Å². The van der Waals surface area contributed by atoms with Crippen LogP contribution in [0.15, 0.2) is 11.3 Å². The van der Waals surface area contributed by atoms with Gasteiger partial charge in [-0.05, 0) is 13.8 Å². The standard InChI is InChI=1S/C8H9NO2/c1-5(10)8-3-7(4-9)11-6(8)2/h7H,3H2,1-2H3. The average molecular weight is 151 g/mol. The smallest absolute Gasteiger partial charge is 0.188 e. The normalized spacial score (nSPS) is 22.8. The number of ketones is 1. The van der Waals surface area contributed by atoms with Gasteiger partial charge in [0.05, 0.1) is 0 Å². The van der Waals surface area contributed by atoms with Crippen molar-refractivity contribution in [2.75, 3.05) is 0 Å². The number of nitriles is 1. The average Bonchev–Trinajstić information content (AvgIpc) is 2.30. The van der Waals surface area contributed by atoms with Gasteiger partial charge in [-0.3, -0.25) is 4.79 Å². The van der Waals surface area contributed by atoms with E-state index in [4.69, 9.17) is 10.00 Å². The zero-order valence-electron chi connectivity index (χ0n) is 6.55. The van der Waals surface area contributed by atoms with Crippen LogP contribution in [0.1, 0.15) is 20.3 Å². The lowest BCUT2D eigenvalue weighted by molar-refractivity contribution is -0.113. The second-order valence-electron chi connectivity index (χ2n) is 2.53. The summed E-state index contributed by atoms with van der Waals surface area (Å²) in [6.45, 7) is 3.20. The summed E-state index contributed by atoms with van der Waals surface area (Å²) in [6, 6.07) is 1.96. The molecular formula is C8H9NO2. The van der Waals surface area contributed by atoms with Gasteiger partial charge in [0, 0.05) is 12.0 Å². The number of nitrogens with zero attached hydrogens (tertiary/aromatic N) is 1. The molecule has 0 saturated carbocycles. The first-order valence-corrected chi connectivity index (χ1v) is 3.42. The van der Waals surface area contributed by atoms with E-state index in [1.165, 1.54) is 6.92 Å². The molecule has 0 aromatic carbocycles. The molecule has 1 heterocycles. The Morgan fingerprint density at radius 1 is 1.82 bits per heavy atom. The highest BCUT2D eigenvalue weighted by atomic mass is 16.5. The van der Waals surface area contributed by atoms with Crippen LogP contribution in [0.4, 0.5) is 0 Å². The summed E-state index contributed by atoms with van der Waals surface area (Å²) in [4.78, 5) is 10.9. The first kappa shape index (κ1) is 7.80. The highest BCUT2D eigenvalue weighted by Crippen LogP contribution is 2.24. The molecule has 0 aromatic rings. The van der Waals surface area contributed by atoms with E-state index in [0.29, 0.717) is 17.8 Å². The molecule has 1 aliphatic heterocycles. The number of hydrogen-bond donors (Lipinski definition) is 0. The Hall–Kier alpha value is -1.30. The molecule has 0 aliphatic carbocycles. The first-order chi connectivity index (χ1) is 5.15. The van der Waals surface area contributed by atoms with E-state index in [-0.39, 0.29) is 5.78 Å². The van der Waals surface area contributed by atoms with Crippen LogP contribution in [0.5, 0.6) is 0 Å². The molecule has 11 heavy (non-hydrogen) atoms. The van der Waals surface area contributed by atoms with Crippen molar-refractivity contribution in [3.63, 3.8) is 0 Å². The third-order valence-corrected chi connectivity index (χ3v) is 1.70. The molecule has 0 spiro atoms. The second kappa shape index (κ2) is 2.75. The van der Waals surface area contributed by atoms with Gasteiger partial charge in [-0.2, -0.15) is 5.26 Å². The van der Waals surface area contributed by atoms with Gasteiger partial charge in [0.2, 0.25) is 0 Å². The minimum atomic E-state index is -0.450. The van der Waals surface area contributed by atoms with E-state index in [9.17, 15) is 4.79 Å². The lowest BCUT2D eigenvalue weighted by Gasteiger charge is -1.98. The maximum absolute atomic E-state index is 10.9. The number of carbonyl (C=O) groups is 1. The highest BCUT2D eigenvalue weighted by molar-refractivity contribution is 5.94. The van der Waals surface area contributed by atoms with E-state index in [1.807, 2.05) is 6.07 Å². The molecule has 0 N–H and O–H groups in total. The molecule has 3 heteroatoms. The summed E-state index contributed by atoms with van der Waals surface area (Å²) in [5.41, 5.74) is 0.650. The van der Waals surface area contributed by atoms with E-state index >= 15 is 0 Å². The van der Waals surface area contributed by atoms with Crippen LogP contribution in [0.2, 0.25) is 0 Å². The zero-order chi connectivity index (χ0) is 8.43. The van der Waals surface area contributed by atoms with Crippen molar-refractivity contribution in [3.8, 4) is 6.07 Å². The topological polar surface area (TPSA) is 50.1 Å². The lowest BCUT2D eigenvalue weighted by Crippen LogP contribution is -2.02. The Morgan fingerprint density at radius 2 is 2.45 bits per heavy atom. The van der Waals surface area contributed by atoms with Crippen molar-refractivity contribution in [3.05, 3.63) is 11.3 Å². The molecule has 3 nitrogen and oxygen atoms in total. The maximum Gasteiger partial charge on any atom is 0.188 e. The van der Waals surface area contributed by atoms with Crippen molar-refractivity contribution in [1.29, 1.82) is 5.26 Å². The molecule has 0 fully saturated rings. The van der Waals surface area contributed by atoms with Crippen LogP contribution >= 0.6 is 0 Å². The molecule has 1 rings (SSSR count). The summed E-state index contributed by atoms with van der Waals surface area (Å²) < 4.78 is 5.08. The van der Waals surface area contributed by atoms with E-state index in [0.717, 1.165) is 0 Å². The maximum atomic E-state index is 10.9. The van der Waals surface area contributed by atoms with Gasteiger partial charge in [-0.15, -0.1) is 0 Å². The predicted octanol–water partition coefficient (Wildman–Crippen LogP) is 1.16. The van der Waals surface area contributed by atoms with Gasteiger partial charge in [0.1, 0.15) is 11.8 Å². The number of allylic oxidation sites excluding steroid dienone is 1. The monoisotopic (exact) mass is 151 g/mol. The lowest BCUT2D eigenvalue weighted by atomic mass is 10.1. The van der Waals surface area contributed by atoms with Gasteiger partial charge in [0.25, 0.3) is 0 Å². The van der Waals surface area contributed by atoms with Crippen LogP contribution in [0, 0.1) is 11.3 Å². The van der Waals surface area contributed by atoms with Gasteiger partial charge in [-0.1, -0.05) is 0 Å². The number of Topliss-reactive ketones (excluding diaryl/α,β-unsaturated/α-hetero) is 1. The predicted molar refractivity (Wildman–Crippen MR) is 38.5 cm³/mol. The Balaban J connectivity index is 2.77. The quantitative estimate of drug-likeness (QED) is 0.565. The summed E-state index contributed by atoms with van der Waals surface area (Å²) >= 11 is 0. The largest absolute Gasteiger partial charge is 0.479 e. The van der Waals surface area contributed by atoms with Gasteiger partial charge < -0.3 is 4.74 Å². The summed E-state index contributed by atoms with van der Waals surface area (Å²) in [5.74, 6) is 0.601. The molecule has 0 amide bonds. The van der Waals surface area contributed by atoms with Crippen LogP contribution in [0.25, 0.3) is 0 Å². The fourth-order valence-electron chi connectivity index (χ4n) is 1.12. The molecule has 1 atom stereocenters. The van der Waals surface area contributed by atoms with E-state index < -0.39 is 6.10 Å². The molecule has 0 bridgehead atoms. The number of hydrogen-bond acceptors (Lipinski definition) is 3. The fourth-order valence-corrected chi connectivity index (χ4v) is 1.12. The molecule has 0 saturated heterocycles. The highest BCUT2D eigenvalue weighted by Gasteiger charge is 2.24. The first-order valence-electron chi connectivity index (χ1n) is 3.42. The van der Waals surface area contributed by atoms with Crippen molar-refractivity contribution in [1.82, 2.24) is 0 Å². The van der Waals surface area contributed by atoms with Crippen LogP contribution in [0.3, 0.4) is 0 Å². The fraction of sp³-hybridized carbons (Fsp3) is 0.500. The Bertz CT molecular complexity index is 260. The third-order valence-electron chi connectivity index (χ3n) is 1.70. The van der Waals surface area contributed by atoms with Crippen LogP contribution < -0.4 is 0 Å². The van der Waals surface area contributed by atoms with Crippen molar-refractivity contribution >= 4 is 5.78 Å². The Morgan fingerprint density at radius 3 is 2.73 bits per heavy atom. The summed E-state index contributed by atoms with van der Waals surface area (Å²) in [7, 11) is 0. The van der Waals surface area contributed by atoms with E-state index in [2.05, 4.69) is 0 Å². The molecule has 1 unspecified atom stereocenters. The Labute approximate surface area is 65.3 Å². The molecule has 58 valence electrons. The van der Waals surface area contributed by atoms with Crippen LogP contribution in [-0.4, -0.2) is 11.9 Å². The second-order valence-corrected chi connectivity index (χ2v) is 2.53. The third kappa shape index (κ3) is 1.40. The van der Waals surface area contributed by atoms with Crippen molar-refractivity contribution in [2.24, 2.45) is 0 Å². The molecular weight excluding hydrogens is 142 g/mol. The molecule has 1 aliphatic rings.